The molecule has 0 aliphatic heterocycles. The van der Waals surface area contributed by atoms with E-state index in [1.165, 1.54) is 11.2 Å². The van der Waals surface area contributed by atoms with Gasteiger partial charge < -0.3 is 10.6 Å². The Labute approximate surface area is 184 Å². The highest BCUT2D eigenvalue weighted by molar-refractivity contribution is 7.09. The number of anilines is 2. The Hall–Kier alpha value is -3.78. The van der Waals surface area contributed by atoms with Crippen molar-refractivity contribution in [2.24, 2.45) is 0 Å². The van der Waals surface area contributed by atoms with Gasteiger partial charge in [-0.15, -0.1) is 11.3 Å². The number of nitro groups is 1. The van der Waals surface area contributed by atoms with Crippen LogP contribution >= 0.6 is 11.3 Å². The number of benzene rings is 2. The molecule has 4 rings (SSSR count). The zero-order valence-corrected chi connectivity index (χ0v) is 17.5. The number of thiophene rings is 1. The Morgan fingerprint density at radius 1 is 0.903 bits per heavy atom. The summed E-state index contributed by atoms with van der Waals surface area (Å²) in [6.45, 7) is 0.540. The third-order valence-electron chi connectivity index (χ3n) is 4.80. The van der Waals surface area contributed by atoms with Crippen LogP contribution < -0.4 is 10.6 Å². The fourth-order valence-corrected chi connectivity index (χ4v) is 4.04. The van der Waals surface area contributed by atoms with Gasteiger partial charge in [-0.05, 0) is 29.0 Å². The Bertz CT molecular complexity index is 1080. The van der Waals surface area contributed by atoms with E-state index < -0.39 is 4.92 Å². The Morgan fingerprint density at radius 3 is 2.13 bits per heavy atom. The van der Waals surface area contributed by atoms with Gasteiger partial charge in [0.1, 0.15) is 6.33 Å². The molecule has 0 saturated carbocycles. The van der Waals surface area contributed by atoms with Crippen LogP contribution in [0.2, 0.25) is 0 Å². The Morgan fingerprint density at radius 2 is 1.55 bits per heavy atom. The molecule has 2 N–H and O–H groups in total. The molecule has 0 aliphatic rings. The van der Waals surface area contributed by atoms with Gasteiger partial charge in [-0.25, -0.2) is 9.97 Å². The molecule has 4 aromatic rings. The molecular weight excluding hydrogens is 410 g/mol. The number of aromatic nitrogens is 2. The molecule has 0 unspecified atom stereocenters. The fraction of sp³-hybridized carbons (Fsp3) is 0.130. The lowest BCUT2D eigenvalue weighted by molar-refractivity contribution is -0.383. The molecule has 0 bridgehead atoms. The molecule has 31 heavy (non-hydrogen) atoms. The van der Waals surface area contributed by atoms with E-state index >= 15 is 0 Å². The van der Waals surface area contributed by atoms with Crippen molar-refractivity contribution in [3.63, 3.8) is 0 Å². The molecule has 0 saturated heterocycles. The maximum Gasteiger partial charge on any atom is 0.353 e. The molecule has 0 aliphatic carbocycles. The summed E-state index contributed by atoms with van der Waals surface area (Å²) < 4.78 is 0. The molecule has 0 amide bonds. The Balaban J connectivity index is 1.63. The van der Waals surface area contributed by atoms with Crippen molar-refractivity contribution in [1.82, 2.24) is 9.97 Å². The highest BCUT2D eigenvalue weighted by Crippen LogP contribution is 2.33. The van der Waals surface area contributed by atoms with Crippen molar-refractivity contribution in [1.29, 1.82) is 0 Å². The van der Waals surface area contributed by atoms with Crippen LogP contribution in [-0.4, -0.2) is 21.4 Å². The van der Waals surface area contributed by atoms with Gasteiger partial charge in [0.2, 0.25) is 11.6 Å². The summed E-state index contributed by atoms with van der Waals surface area (Å²) in [6, 6.07) is 23.3. The maximum atomic E-state index is 11.9. The Kier molecular flexibility index (Phi) is 6.49. The molecule has 2 aromatic carbocycles. The van der Waals surface area contributed by atoms with E-state index in [2.05, 4.69) is 20.6 Å². The molecular formula is C23H21N5O2S. The average molecular weight is 432 g/mol. The zero-order chi connectivity index (χ0) is 21.5. The molecule has 0 fully saturated rings. The van der Waals surface area contributed by atoms with Gasteiger partial charge in [-0.2, -0.15) is 0 Å². The van der Waals surface area contributed by atoms with E-state index in [9.17, 15) is 10.1 Å². The summed E-state index contributed by atoms with van der Waals surface area (Å²) in [5.41, 5.74) is 1.80. The average Bonchev–Trinajstić information content (AvgIpc) is 3.32. The van der Waals surface area contributed by atoms with Crippen LogP contribution in [0, 0.1) is 10.1 Å². The number of hydrogen-bond donors (Lipinski definition) is 2. The second kappa shape index (κ2) is 9.82. The van der Waals surface area contributed by atoms with Crippen LogP contribution in [0.15, 0.2) is 84.5 Å². The first-order valence-electron chi connectivity index (χ1n) is 9.84. The lowest BCUT2D eigenvalue weighted by atomic mass is 9.99. The first-order chi connectivity index (χ1) is 15.2. The van der Waals surface area contributed by atoms with E-state index in [4.69, 9.17) is 0 Å². The summed E-state index contributed by atoms with van der Waals surface area (Å²) in [5.74, 6) is 0.384. The van der Waals surface area contributed by atoms with Crippen LogP contribution in [0.4, 0.5) is 17.3 Å². The molecule has 2 heterocycles. The van der Waals surface area contributed by atoms with Gasteiger partial charge >= 0.3 is 5.69 Å². The second-order valence-corrected chi connectivity index (χ2v) is 7.86. The van der Waals surface area contributed by atoms with Crippen LogP contribution in [0.3, 0.4) is 0 Å². The zero-order valence-electron chi connectivity index (χ0n) is 16.6. The molecule has 7 nitrogen and oxygen atoms in total. The van der Waals surface area contributed by atoms with Gasteiger partial charge in [0.25, 0.3) is 0 Å². The molecule has 8 heteroatoms. The van der Waals surface area contributed by atoms with Crippen molar-refractivity contribution in [2.45, 2.75) is 12.5 Å². The smallest absolute Gasteiger partial charge is 0.353 e. The molecule has 2 aromatic heterocycles. The van der Waals surface area contributed by atoms with E-state index in [1.807, 2.05) is 78.2 Å². The number of nitrogens with zero attached hydrogens (tertiary/aromatic N) is 3. The SMILES string of the molecule is O=[N+]([O-])c1c(NCCc2cccs2)ncnc1NC(c1ccccc1)c1ccccc1. The largest absolute Gasteiger partial charge is 0.364 e. The molecule has 156 valence electrons. The van der Waals surface area contributed by atoms with Crippen molar-refractivity contribution >= 4 is 28.7 Å². The molecule has 0 atom stereocenters. The van der Waals surface area contributed by atoms with Crippen LogP contribution in [0.1, 0.15) is 22.0 Å². The number of hydrogen-bond acceptors (Lipinski definition) is 7. The highest BCUT2D eigenvalue weighted by atomic mass is 32.1. The second-order valence-electron chi connectivity index (χ2n) is 6.83. The summed E-state index contributed by atoms with van der Waals surface area (Å²) >= 11 is 1.66. The van der Waals surface area contributed by atoms with Crippen molar-refractivity contribution < 1.29 is 4.92 Å². The van der Waals surface area contributed by atoms with E-state index in [0.717, 1.165) is 17.5 Å². The summed E-state index contributed by atoms with van der Waals surface area (Å²) in [6.07, 6.45) is 2.11. The standard InChI is InChI=1S/C23H21N5O2S/c29-28(30)21-22(24-14-13-19-12-7-15-31-19)25-16-26-23(21)27-20(17-8-3-1-4-9-17)18-10-5-2-6-11-18/h1-12,15-16,20H,13-14H2,(H2,24,25,26,27). The van der Waals surface area contributed by atoms with Crippen LogP contribution in [0.25, 0.3) is 0 Å². The van der Waals surface area contributed by atoms with Gasteiger partial charge in [0, 0.05) is 11.4 Å². The summed E-state index contributed by atoms with van der Waals surface area (Å²) in [5, 5.41) is 20.3. The normalized spacial score (nSPS) is 10.7. The summed E-state index contributed by atoms with van der Waals surface area (Å²) in [4.78, 5) is 21.0. The number of nitrogens with one attached hydrogen (secondary N) is 2. The minimum absolute atomic E-state index is 0.162. The van der Waals surface area contributed by atoms with Crippen LogP contribution in [0.5, 0.6) is 0 Å². The monoisotopic (exact) mass is 431 g/mol. The lowest BCUT2D eigenvalue weighted by Crippen LogP contribution is -2.16. The minimum Gasteiger partial charge on any atom is -0.364 e. The third kappa shape index (κ3) is 5.04. The lowest BCUT2D eigenvalue weighted by Gasteiger charge is -2.20. The van der Waals surface area contributed by atoms with Crippen molar-refractivity contribution in [2.75, 3.05) is 17.2 Å². The van der Waals surface area contributed by atoms with Gasteiger partial charge in [0.15, 0.2) is 0 Å². The topological polar surface area (TPSA) is 93.0 Å². The first kappa shape index (κ1) is 20.5. The number of rotatable bonds is 9. The fourth-order valence-electron chi connectivity index (χ4n) is 3.33. The van der Waals surface area contributed by atoms with Gasteiger partial charge in [-0.3, -0.25) is 10.1 Å². The van der Waals surface area contributed by atoms with Gasteiger partial charge in [-0.1, -0.05) is 66.7 Å². The summed E-state index contributed by atoms with van der Waals surface area (Å²) in [7, 11) is 0. The van der Waals surface area contributed by atoms with E-state index in [-0.39, 0.29) is 23.4 Å². The van der Waals surface area contributed by atoms with E-state index in [1.54, 1.807) is 11.3 Å². The van der Waals surface area contributed by atoms with Crippen molar-refractivity contribution in [3.05, 3.63) is 111 Å². The maximum absolute atomic E-state index is 11.9. The van der Waals surface area contributed by atoms with E-state index in [0.29, 0.717) is 6.54 Å². The van der Waals surface area contributed by atoms with Gasteiger partial charge in [0.05, 0.1) is 11.0 Å². The third-order valence-corrected chi connectivity index (χ3v) is 5.73. The molecule has 0 spiro atoms. The van der Waals surface area contributed by atoms with Crippen LogP contribution in [-0.2, 0) is 6.42 Å². The predicted molar refractivity (Wildman–Crippen MR) is 124 cm³/mol. The first-order valence-corrected chi connectivity index (χ1v) is 10.7. The predicted octanol–water partition coefficient (Wildman–Crippen LogP) is 5.30. The quantitative estimate of drug-likeness (QED) is 0.276. The highest BCUT2D eigenvalue weighted by Gasteiger charge is 2.26. The minimum atomic E-state index is -0.442. The molecule has 0 radical (unpaired) electrons. The van der Waals surface area contributed by atoms with Crippen molar-refractivity contribution in [3.8, 4) is 0 Å².